The zero-order chi connectivity index (χ0) is 16.7. The highest BCUT2D eigenvalue weighted by molar-refractivity contribution is 5.45. The van der Waals surface area contributed by atoms with Gasteiger partial charge in [0.25, 0.3) is 0 Å². The van der Waals surface area contributed by atoms with Gasteiger partial charge in [-0.2, -0.15) is 0 Å². The third-order valence-electron chi connectivity index (χ3n) is 12.0. The minimum absolute atomic E-state index is 0.0142. The molecule has 4 nitrogen and oxygen atoms in total. The number of ether oxygens (including phenoxy) is 4. The first-order valence-electron chi connectivity index (χ1n) is 11.2. The third kappa shape index (κ3) is 0.881. The van der Waals surface area contributed by atoms with Crippen molar-refractivity contribution in [1.82, 2.24) is 0 Å². The quantitative estimate of drug-likeness (QED) is 0.762. The van der Waals surface area contributed by atoms with E-state index in [1.165, 1.54) is 25.7 Å². The van der Waals surface area contributed by atoms with Crippen molar-refractivity contribution >= 4 is 0 Å². The summed E-state index contributed by atoms with van der Waals surface area (Å²) in [5.74, 6) is 8.64. The molecule has 2 spiro atoms. The van der Waals surface area contributed by atoms with Gasteiger partial charge < -0.3 is 18.9 Å². The van der Waals surface area contributed by atoms with Gasteiger partial charge in [-0.25, -0.2) is 0 Å². The molecule has 2 heterocycles. The highest BCUT2D eigenvalue weighted by Gasteiger charge is 3.02. The van der Waals surface area contributed by atoms with Gasteiger partial charge >= 0.3 is 0 Å². The van der Waals surface area contributed by atoms with Crippen LogP contribution < -0.4 is 0 Å². The lowest BCUT2D eigenvalue weighted by molar-refractivity contribution is -0.399. The molecule has 0 N–H and O–H groups in total. The molecule has 8 saturated carbocycles. The SMILES string of the molecule is CO[C@@H]1O[C@@H]2CC[C@@H]3[C@H]2[C@@H]2[C@@H]4[C@@H]5[C@@H]6[C@@H]7[C@@H]8CC[C@@H]7O[C@H](OC)[C@@]6([C@H]34)[C@@]12[C@@H]85. The van der Waals surface area contributed by atoms with Crippen molar-refractivity contribution in [2.75, 3.05) is 14.2 Å². The van der Waals surface area contributed by atoms with Crippen LogP contribution >= 0.6 is 0 Å². The maximum Gasteiger partial charge on any atom is 0.164 e. The Kier molecular flexibility index (Phi) is 1.98. The second-order valence-corrected chi connectivity index (χ2v) is 11.2. The lowest BCUT2D eigenvalue weighted by Gasteiger charge is -2.68. The van der Waals surface area contributed by atoms with Crippen LogP contribution in [0, 0.1) is 70.0 Å². The lowest BCUT2D eigenvalue weighted by Crippen LogP contribution is -2.73. The summed E-state index contributed by atoms with van der Waals surface area (Å²) in [6.07, 6.45) is 6.18. The lowest BCUT2D eigenvalue weighted by atomic mass is 9.41. The van der Waals surface area contributed by atoms with Crippen molar-refractivity contribution in [2.45, 2.75) is 50.5 Å². The van der Waals surface area contributed by atoms with Gasteiger partial charge in [-0.15, -0.1) is 0 Å². The maximum absolute atomic E-state index is 6.81. The molecule has 0 amide bonds. The Balaban J connectivity index is 1.40. The largest absolute Gasteiger partial charge is 0.355 e. The van der Waals surface area contributed by atoms with Gasteiger partial charge in [-0.1, -0.05) is 0 Å². The van der Waals surface area contributed by atoms with Gasteiger partial charge in [0, 0.05) is 25.0 Å². The molecule has 26 heavy (non-hydrogen) atoms. The Hall–Kier alpha value is -0.160. The van der Waals surface area contributed by atoms with Gasteiger partial charge in [-0.3, -0.25) is 0 Å². The van der Waals surface area contributed by atoms with Gasteiger partial charge in [0.2, 0.25) is 0 Å². The van der Waals surface area contributed by atoms with Crippen molar-refractivity contribution in [3.05, 3.63) is 0 Å². The zero-order valence-corrected chi connectivity index (χ0v) is 15.5. The molecule has 10 fully saturated rings. The van der Waals surface area contributed by atoms with Crippen LogP contribution in [0.25, 0.3) is 0 Å². The predicted octanol–water partition coefficient (Wildman–Crippen LogP) is 2.52. The first-order valence-corrected chi connectivity index (χ1v) is 11.2. The predicted molar refractivity (Wildman–Crippen MR) is 89.6 cm³/mol. The molecule has 140 valence electrons. The zero-order valence-electron chi connectivity index (χ0n) is 15.5. The number of rotatable bonds is 2. The van der Waals surface area contributed by atoms with Crippen molar-refractivity contribution < 1.29 is 18.9 Å². The van der Waals surface area contributed by atoms with Gasteiger partial charge in [0.15, 0.2) is 12.6 Å². The molecular formula is C22H28O4. The summed E-state index contributed by atoms with van der Waals surface area (Å²) >= 11 is 0. The fraction of sp³-hybridized carbons (Fsp3) is 1.00. The van der Waals surface area contributed by atoms with Crippen LogP contribution in [0.4, 0.5) is 0 Å². The molecule has 0 aromatic rings. The molecule has 0 aromatic heterocycles. The molecular weight excluding hydrogens is 328 g/mol. The highest BCUT2D eigenvalue weighted by atomic mass is 16.7. The monoisotopic (exact) mass is 356 g/mol. The maximum atomic E-state index is 6.81. The van der Waals surface area contributed by atoms with E-state index in [-0.39, 0.29) is 23.4 Å². The normalized spacial score (nSPS) is 79.6. The summed E-state index contributed by atoms with van der Waals surface area (Å²) in [6, 6.07) is 0. The average molecular weight is 356 g/mol. The van der Waals surface area contributed by atoms with Crippen molar-refractivity contribution in [3.8, 4) is 0 Å². The summed E-state index contributed by atoms with van der Waals surface area (Å²) in [5, 5.41) is 0. The minimum Gasteiger partial charge on any atom is -0.355 e. The summed E-state index contributed by atoms with van der Waals surface area (Å²) in [4.78, 5) is 0. The van der Waals surface area contributed by atoms with Crippen LogP contribution in [0.1, 0.15) is 25.7 Å². The summed E-state index contributed by atoms with van der Waals surface area (Å²) in [6.45, 7) is 0. The Morgan fingerprint density at radius 1 is 0.615 bits per heavy atom. The minimum atomic E-state index is -0.0142. The molecule has 10 aliphatic rings. The third-order valence-corrected chi connectivity index (χ3v) is 12.0. The highest BCUT2D eigenvalue weighted by Crippen LogP contribution is 3.00. The van der Waals surface area contributed by atoms with Gasteiger partial charge in [-0.05, 0) is 84.9 Å². The Bertz CT molecular complexity index is 676. The van der Waals surface area contributed by atoms with Crippen molar-refractivity contribution in [1.29, 1.82) is 0 Å². The van der Waals surface area contributed by atoms with E-state index in [1.54, 1.807) is 0 Å². The molecule has 16 atom stereocenters. The molecule has 2 aliphatic heterocycles. The fourth-order valence-corrected chi connectivity index (χ4v) is 13.0. The van der Waals surface area contributed by atoms with E-state index in [4.69, 9.17) is 18.9 Å². The Labute approximate surface area is 154 Å². The Morgan fingerprint density at radius 2 is 1.08 bits per heavy atom. The van der Waals surface area contributed by atoms with Gasteiger partial charge in [0.05, 0.1) is 12.2 Å². The van der Waals surface area contributed by atoms with Crippen LogP contribution in [0.15, 0.2) is 0 Å². The van der Waals surface area contributed by atoms with E-state index in [2.05, 4.69) is 0 Å². The van der Waals surface area contributed by atoms with Crippen LogP contribution in [-0.4, -0.2) is 39.0 Å². The molecule has 2 saturated heterocycles. The Morgan fingerprint density at radius 3 is 1.50 bits per heavy atom. The fourth-order valence-electron chi connectivity index (χ4n) is 13.0. The van der Waals surface area contributed by atoms with E-state index < -0.39 is 0 Å². The number of methoxy groups -OCH3 is 2. The average Bonchev–Trinajstić information content (AvgIpc) is 3.44. The molecule has 0 unspecified atom stereocenters. The molecule has 8 aliphatic carbocycles. The first kappa shape index (κ1) is 13.9. The van der Waals surface area contributed by atoms with Crippen LogP contribution in [-0.2, 0) is 18.9 Å². The summed E-state index contributed by atoms with van der Waals surface area (Å²) in [5.41, 5.74) is 0.400. The van der Waals surface area contributed by atoms with Crippen molar-refractivity contribution in [3.63, 3.8) is 0 Å². The summed E-state index contributed by atoms with van der Waals surface area (Å²) < 4.78 is 26.1. The van der Waals surface area contributed by atoms with Crippen molar-refractivity contribution in [2.24, 2.45) is 70.0 Å². The standard InChI is InChI=1S/C22H28O4/c1-23-19-21-15-7-4-6-10-12(7)18-13(15)14-16(22(18,21)20(24-2)26-10)8-3-5-9(25-19)11(8)17(14)21/h7-20H,3-6H2,1-2H3/t7-,8+,9+,10-,11-,12-,13-,14+,15-,16+,17+,18-,19+,20-,21+,22-/m1/s1. The number of hydrogen-bond donors (Lipinski definition) is 0. The topological polar surface area (TPSA) is 36.9 Å². The van der Waals surface area contributed by atoms with Gasteiger partial charge in [0.1, 0.15) is 0 Å². The molecule has 10 rings (SSSR count). The second kappa shape index (κ2) is 3.69. The summed E-state index contributed by atoms with van der Waals surface area (Å²) in [7, 11) is 3.82. The van der Waals surface area contributed by atoms with E-state index >= 15 is 0 Å². The van der Waals surface area contributed by atoms with Crippen LogP contribution in [0.2, 0.25) is 0 Å². The van der Waals surface area contributed by atoms with Crippen LogP contribution in [0.5, 0.6) is 0 Å². The van der Waals surface area contributed by atoms with E-state index in [1.807, 2.05) is 14.2 Å². The van der Waals surface area contributed by atoms with E-state index in [9.17, 15) is 0 Å². The number of hydrogen-bond acceptors (Lipinski definition) is 4. The van der Waals surface area contributed by atoms with Crippen LogP contribution in [0.3, 0.4) is 0 Å². The molecule has 4 heteroatoms. The molecule has 8 bridgehead atoms. The first-order chi connectivity index (χ1) is 12.8. The van der Waals surface area contributed by atoms with E-state index in [0.29, 0.717) is 12.2 Å². The molecule has 0 radical (unpaired) electrons. The molecule has 0 aromatic carbocycles. The van der Waals surface area contributed by atoms with E-state index in [0.717, 1.165) is 59.2 Å². The smallest absolute Gasteiger partial charge is 0.164 e. The second-order valence-electron chi connectivity index (χ2n) is 11.2.